The molecule has 5 nitrogen and oxygen atoms in total. The van der Waals surface area contributed by atoms with E-state index in [0.29, 0.717) is 22.8 Å². The van der Waals surface area contributed by atoms with E-state index >= 15 is 0 Å². The normalized spacial score (nSPS) is 11.1. The maximum absolute atomic E-state index is 13.6. The molecular weight excluding hydrogens is 419 g/mol. The monoisotopic (exact) mass is 440 g/mol. The van der Waals surface area contributed by atoms with Gasteiger partial charge in [-0.05, 0) is 48.6 Å². The lowest BCUT2D eigenvalue weighted by Crippen LogP contribution is -2.32. The lowest BCUT2D eigenvalue weighted by Gasteiger charge is -2.20. The van der Waals surface area contributed by atoms with Crippen molar-refractivity contribution in [2.24, 2.45) is 0 Å². The highest BCUT2D eigenvalue weighted by Crippen LogP contribution is 2.31. The minimum Gasteiger partial charge on any atom is -0.337 e. The van der Waals surface area contributed by atoms with E-state index in [1.807, 2.05) is 35.0 Å². The van der Waals surface area contributed by atoms with Gasteiger partial charge in [0.2, 0.25) is 0 Å². The SMILES string of the molecule is CCSc1cccc(C(=O)N(CCCn2ccnc2)c2nc3ccc(F)cc3s2)c1. The van der Waals surface area contributed by atoms with Gasteiger partial charge in [0.1, 0.15) is 5.82 Å². The first kappa shape index (κ1) is 20.6. The van der Waals surface area contributed by atoms with Crippen LogP contribution in [0.1, 0.15) is 23.7 Å². The van der Waals surface area contributed by atoms with E-state index < -0.39 is 0 Å². The van der Waals surface area contributed by atoms with Crippen LogP contribution in [0.3, 0.4) is 0 Å². The van der Waals surface area contributed by atoms with Crippen LogP contribution in [0.4, 0.5) is 9.52 Å². The molecule has 0 fully saturated rings. The van der Waals surface area contributed by atoms with Gasteiger partial charge in [0, 0.05) is 35.9 Å². The molecule has 0 saturated heterocycles. The lowest BCUT2D eigenvalue weighted by atomic mass is 10.2. The van der Waals surface area contributed by atoms with Gasteiger partial charge in [-0.25, -0.2) is 14.4 Å². The molecular formula is C22H21FN4OS2. The molecule has 0 aliphatic rings. The summed E-state index contributed by atoms with van der Waals surface area (Å²) in [6.07, 6.45) is 6.15. The second-order valence-electron chi connectivity index (χ2n) is 6.68. The number of benzene rings is 2. The highest BCUT2D eigenvalue weighted by molar-refractivity contribution is 7.99. The third-order valence-corrected chi connectivity index (χ3v) is 6.48. The summed E-state index contributed by atoms with van der Waals surface area (Å²) in [7, 11) is 0. The molecule has 2 heterocycles. The number of thioether (sulfide) groups is 1. The van der Waals surface area contributed by atoms with Crippen molar-refractivity contribution >= 4 is 44.4 Å². The summed E-state index contributed by atoms with van der Waals surface area (Å²) in [6.45, 7) is 3.33. The van der Waals surface area contributed by atoms with E-state index in [0.717, 1.165) is 28.3 Å². The summed E-state index contributed by atoms with van der Waals surface area (Å²) in [6, 6.07) is 12.2. The fraction of sp³-hybridized carbons (Fsp3) is 0.227. The third kappa shape index (κ3) is 4.71. The first-order valence-electron chi connectivity index (χ1n) is 9.70. The van der Waals surface area contributed by atoms with Crippen LogP contribution in [-0.4, -0.2) is 32.7 Å². The Bertz CT molecular complexity index is 1140. The van der Waals surface area contributed by atoms with Crippen molar-refractivity contribution in [2.75, 3.05) is 17.2 Å². The number of carbonyl (C=O) groups is 1. The Morgan fingerprint density at radius 3 is 2.97 bits per heavy atom. The Morgan fingerprint density at radius 1 is 1.27 bits per heavy atom. The van der Waals surface area contributed by atoms with Gasteiger partial charge in [-0.15, -0.1) is 11.8 Å². The summed E-state index contributed by atoms with van der Waals surface area (Å²) < 4.78 is 16.3. The molecule has 0 saturated carbocycles. The predicted molar refractivity (Wildman–Crippen MR) is 121 cm³/mol. The number of halogens is 1. The zero-order valence-electron chi connectivity index (χ0n) is 16.5. The molecule has 0 atom stereocenters. The van der Waals surface area contributed by atoms with E-state index in [2.05, 4.69) is 16.9 Å². The van der Waals surface area contributed by atoms with Crippen molar-refractivity contribution in [3.05, 3.63) is 72.6 Å². The molecule has 0 bridgehead atoms. The van der Waals surface area contributed by atoms with E-state index in [-0.39, 0.29) is 11.7 Å². The summed E-state index contributed by atoms with van der Waals surface area (Å²) in [5, 5.41) is 0.583. The highest BCUT2D eigenvalue weighted by atomic mass is 32.2. The quantitative estimate of drug-likeness (QED) is 0.340. The van der Waals surface area contributed by atoms with Gasteiger partial charge in [-0.3, -0.25) is 9.69 Å². The third-order valence-electron chi connectivity index (χ3n) is 4.56. The number of aryl methyl sites for hydroxylation is 1. The van der Waals surface area contributed by atoms with Crippen LogP contribution in [0.25, 0.3) is 10.2 Å². The zero-order chi connectivity index (χ0) is 20.9. The van der Waals surface area contributed by atoms with Crippen LogP contribution < -0.4 is 4.90 Å². The molecule has 0 aliphatic heterocycles. The fourth-order valence-corrected chi connectivity index (χ4v) is 4.89. The molecule has 2 aromatic heterocycles. The smallest absolute Gasteiger partial charge is 0.260 e. The predicted octanol–water partition coefficient (Wildman–Crippen LogP) is 5.48. The molecule has 1 amide bonds. The van der Waals surface area contributed by atoms with Gasteiger partial charge in [0.15, 0.2) is 5.13 Å². The summed E-state index contributed by atoms with van der Waals surface area (Å²) in [4.78, 5) is 24.9. The number of nitrogens with zero attached hydrogens (tertiary/aromatic N) is 4. The first-order valence-corrected chi connectivity index (χ1v) is 11.5. The van der Waals surface area contributed by atoms with Crippen molar-refractivity contribution in [2.45, 2.75) is 24.8 Å². The Hall–Kier alpha value is -2.71. The zero-order valence-corrected chi connectivity index (χ0v) is 18.1. The van der Waals surface area contributed by atoms with Crippen LogP contribution in [0, 0.1) is 5.82 Å². The number of hydrogen-bond acceptors (Lipinski definition) is 5. The molecule has 4 rings (SSSR count). The van der Waals surface area contributed by atoms with Crippen molar-refractivity contribution in [3.8, 4) is 0 Å². The number of fused-ring (bicyclic) bond motifs is 1. The minimum atomic E-state index is -0.306. The molecule has 0 radical (unpaired) electrons. The van der Waals surface area contributed by atoms with E-state index in [1.165, 1.54) is 23.5 Å². The lowest BCUT2D eigenvalue weighted by molar-refractivity contribution is 0.0986. The van der Waals surface area contributed by atoms with Gasteiger partial charge in [-0.2, -0.15) is 0 Å². The number of aromatic nitrogens is 3. The van der Waals surface area contributed by atoms with Crippen molar-refractivity contribution < 1.29 is 9.18 Å². The Morgan fingerprint density at radius 2 is 2.17 bits per heavy atom. The molecule has 0 N–H and O–H groups in total. The maximum Gasteiger partial charge on any atom is 0.260 e. The summed E-state index contributed by atoms with van der Waals surface area (Å²) in [5.41, 5.74) is 1.32. The van der Waals surface area contributed by atoms with Crippen molar-refractivity contribution in [1.82, 2.24) is 14.5 Å². The van der Waals surface area contributed by atoms with Crippen molar-refractivity contribution in [3.63, 3.8) is 0 Å². The van der Waals surface area contributed by atoms with Gasteiger partial charge >= 0.3 is 0 Å². The number of thiazole rings is 1. The topological polar surface area (TPSA) is 51.0 Å². The highest BCUT2D eigenvalue weighted by Gasteiger charge is 2.21. The molecule has 2 aromatic carbocycles. The van der Waals surface area contributed by atoms with E-state index in [9.17, 15) is 9.18 Å². The second-order valence-corrected chi connectivity index (χ2v) is 9.03. The molecule has 0 unspecified atom stereocenters. The van der Waals surface area contributed by atoms with Gasteiger partial charge in [0.25, 0.3) is 5.91 Å². The molecule has 4 aromatic rings. The Kier molecular flexibility index (Phi) is 6.44. The van der Waals surface area contributed by atoms with Crippen LogP contribution in [0.15, 0.2) is 66.1 Å². The standard InChI is InChI=1S/C22H21FN4OS2/c1-2-29-18-6-3-5-16(13-18)21(28)27(11-4-10-26-12-9-24-15-26)22-25-19-8-7-17(23)14-20(19)30-22/h3,5-9,12-15H,2,4,10-11H2,1H3. The summed E-state index contributed by atoms with van der Waals surface area (Å²) >= 11 is 3.03. The van der Waals surface area contributed by atoms with Crippen LogP contribution in [0.5, 0.6) is 0 Å². The molecule has 0 aliphatic carbocycles. The van der Waals surface area contributed by atoms with Crippen LogP contribution >= 0.6 is 23.1 Å². The van der Waals surface area contributed by atoms with E-state index in [4.69, 9.17) is 0 Å². The second kappa shape index (κ2) is 9.40. The largest absolute Gasteiger partial charge is 0.337 e. The average Bonchev–Trinajstić information content (AvgIpc) is 3.40. The number of imidazole rings is 1. The van der Waals surface area contributed by atoms with Gasteiger partial charge in [-0.1, -0.05) is 24.3 Å². The van der Waals surface area contributed by atoms with E-state index in [1.54, 1.807) is 35.3 Å². The van der Waals surface area contributed by atoms with Crippen LogP contribution in [0.2, 0.25) is 0 Å². The Labute approximate surface area is 182 Å². The average molecular weight is 441 g/mol. The molecule has 8 heteroatoms. The number of hydrogen-bond donors (Lipinski definition) is 0. The molecule has 0 spiro atoms. The number of amides is 1. The number of rotatable bonds is 8. The summed E-state index contributed by atoms with van der Waals surface area (Å²) in [5.74, 6) is 0.536. The molecule has 154 valence electrons. The number of carbonyl (C=O) groups excluding carboxylic acids is 1. The number of anilines is 1. The molecule has 30 heavy (non-hydrogen) atoms. The Balaban J connectivity index is 1.63. The first-order chi connectivity index (χ1) is 14.6. The van der Waals surface area contributed by atoms with Crippen molar-refractivity contribution in [1.29, 1.82) is 0 Å². The fourth-order valence-electron chi connectivity index (χ4n) is 3.16. The van der Waals surface area contributed by atoms with Crippen LogP contribution in [-0.2, 0) is 6.54 Å². The van der Waals surface area contributed by atoms with Gasteiger partial charge < -0.3 is 4.57 Å². The maximum atomic E-state index is 13.6. The minimum absolute atomic E-state index is 0.0984. The van der Waals surface area contributed by atoms with Gasteiger partial charge in [0.05, 0.1) is 16.5 Å².